The van der Waals surface area contributed by atoms with Crippen LogP contribution in [-0.2, 0) is 11.3 Å². The smallest absolute Gasteiger partial charge is 0.137 e. The second-order valence-corrected chi connectivity index (χ2v) is 3.75. The summed E-state index contributed by atoms with van der Waals surface area (Å²) in [5.74, 6) is 0. The molecular weight excluding hydrogens is 162 g/mol. The minimum Gasteiger partial charge on any atom is -0.359 e. The third-order valence-electron chi connectivity index (χ3n) is 2.89. The van der Waals surface area contributed by atoms with Gasteiger partial charge >= 0.3 is 0 Å². The van der Waals surface area contributed by atoms with E-state index >= 15 is 0 Å². The van der Waals surface area contributed by atoms with Crippen LogP contribution in [0.15, 0.2) is 24.3 Å². The Labute approximate surface area is 78.1 Å². The largest absolute Gasteiger partial charge is 0.359 e. The molecule has 0 saturated carbocycles. The molecule has 68 valence electrons. The second-order valence-electron chi connectivity index (χ2n) is 3.75. The van der Waals surface area contributed by atoms with Gasteiger partial charge in [-0.15, -0.1) is 0 Å². The van der Waals surface area contributed by atoms with Gasteiger partial charge in [-0.2, -0.15) is 0 Å². The summed E-state index contributed by atoms with van der Waals surface area (Å²) < 4.78 is 5.75. The predicted octanol–water partition coefficient (Wildman–Crippen LogP) is 1.92. The first kappa shape index (κ1) is 7.54. The lowest BCUT2D eigenvalue weighted by atomic mass is 10.1. The van der Waals surface area contributed by atoms with Crippen LogP contribution in [-0.4, -0.2) is 18.1 Å². The Bertz CT molecular complexity index is 324. The van der Waals surface area contributed by atoms with Gasteiger partial charge < -0.3 is 4.74 Å². The van der Waals surface area contributed by atoms with E-state index in [1.54, 1.807) is 0 Å². The van der Waals surface area contributed by atoms with E-state index in [0.29, 0.717) is 0 Å². The number of nitrogens with zero attached hydrogens (tertiary/aromatic N) is 1. The van der Waals surface area contributed by atoms with Crippen molar-refractivity contribution in [3.63, 3.8) is 0 Å². The molecular formula is C11H13NO. The summed E-state index contributed by atoms with van der Waals surface area (Å²) in [5.41, 5.74) is 2.82. The summed E-state index contributed by atoms with van der Waals surface area (Å²) in [6.45, 7) is 3.16. The fourth-order valence-electron chi connectivity index (χ4n) is 2.27. The van der Waals surface area contributed by atoms with E-state index < -0.39 is 0 Å². The minimum atomic E-state index is 0.255. The van der Waals surface area contributed by atoms with Crippen LogP contribution in [0.1, 0.15) is 23.8 Å². The lowest BCUT2D eigenvalue weighted by molar-refractivity contribution is -0.0899. The third-order valence-corrected chi connectivity index (χ3v) is 2.89. The molecule has 0 radical (unpaired) electrons. The lowest BCUT2D eigenvalue weighted by Gasteiger charge is -2.29. The molecule has 2 aliphatic heterocycles. The summed E-state index contributed by atoms with van der Waals surface area (Å²) in [4.78, 5) is 2.41. The molecule has 0 bridgehead atoms. The highest BCUT2D eigenvalue weighted by Gasteiger charge is 2.32. The number of benzene rings is 1. The zero-order valence-corrected chi connectivity index (χ0v) is 7.57. The standard InChI is InChI=1S/C11H13NO/c1-2-5-10-9(4-1)8-12-6-3-7-13-11(10)12/h1-2,4-5,11H,3,6-8H2. The zero-order valence-electron chi connectivity index (χ0n) is 7.57. The molecule has 1 saturated heterocycles. The predicted molar refractivity (Wildman–Crippen MR) is 50.2 cm³/mol. The zero-order chi connectivity index (χ0) is 8.67. The molecule has 0 N–H and O–H groups in total. The topological polar surface area (TPSA) is 12.5 Å². The third kappa shape index (κ3) is 1.10. The van der Waals surface area contributed by atoms with E-state index in [-0.39, 0.29) is 6.23 Å². The van der Waals surface area contributed by atoms with Crippen molar-refractivity contribution >= 4 is 0 Å². The maximum absolute atomic E-state index is 5.75. The Balaban J connectivity index is 2.01. The van der Waals surface area contributed by atoms with E-state index in [1.807, 2.05) is 0 Å². The van der Waals surface area contributed by atoms with Crippen LogP contribution >= 0.6 is 0 Å². The molecule has 2 heteroatoms. The quantitative estimate of drug-likeness (QED) is 0.597. The molecule has 13 heavy (non-hydrogen) atoms. The molecule has 2 heterocycles. The summed E-state index contributed by atoms with van der Waals surface area (Å²) in [5, 5.41) is 0. The summed E-state index contributed by atoms with van der Waals surface area (Å²) in [7, 11) is 0. The van der Waals surface area contributed by atoms with E-state index in [4.69, 9.17) is 4.74 Å². The number of ether oxygens (including phenoxy) is 1. The molecule has 3 rings (SSSR count). The highest BCUT2D eigenvalue weighted by Crippen LogP contribution is 2.36. The maximum atomic E-state index is 5.75. The normalized spacial score (nSPS) is 26.9. The van der Waals surface area contributed by atoms with Crippen molar-refractivity contribution < 1.29 is 4.74 Å². The van der Waals surface area contributed by atoms with Crippen LogP contribution in [0.25, 0.3) is 0 Å². The Hall–Kier alpha value is -0.860. The molecule has 1 unspecified atom stereocenters. The molecule has 0 aromatic heterocycles. The van der Waals surface area contributed by atoms with E-state index in [2.05, 4.69) is 29.2 Å². The second kappa shape index (κ2) is 2.82. The van der Waals surface area contributed by atoms with Crippen LogP contribution in [0.4, 0.5) is 0 Å². The fraction of sp³-hybridized carbons (Fsp3) is 0.455. The van der Waals surface area contributed by atoms with Crippen LogP contribution in [0.3, 0.4) is 0 Å². The first-order valence-electron chi connectivity index (χ1n) is 4.88. The Kier molecular flexibility index (Phi) is 1.64. The van der Waals surface area contributed by atoms with Crippen LogP contribution in [0.5, 0.6) is 0 Å². The average molecular weight is 175 g/mol. The lowest BCUT2D eigenvalue weighted by Crippen LogP contribution is -2.31. The van der Waals surface area contributed by atoms with Crippen LogP contribution in [0, 0.1) is 0 Å². The molecule has 0 spiro atoms. The van der Waals surface area contributed by atoms with Crippen molar-refractivity contribution in [2.45, 2.75) is 19.2 Å². The van der Waals surface area contributed by atoms with Gasteiger partial charge in [0.1, 0.15) is 6.23 Å². The summed E-state index contributed by atoms with van der Waals surface area (Å²) >= 11 is 0. The van der Waals surface area contributed by atoms with Crippen molar-refractivity contribution in [2.24, 2.45) is 0 Å². The van der Waals surface area contributed by atoms with Crippen molar-refractivity contribution in [2.75, 3.05) is 13.2 Å². The monoisotopic (exact) mass is 175 g/mol. The summed E-state index contributed by atoms with van der Waals surface area (Å²) in [6, 6.07) is 8.60. The van der Waals surface area contributed by atoms with Gasteiger partial charge in [0.2, 0.25) is 0 Å². The Morgan fingerprint density at radius 3 is 3.23 bits per heavy atom. The minimum absolute atomic E-state index is 0.255. The van der Waals surface area contributed by atoms with Gasteiger partial charge in [0.05, 0.1) is 6.61 Å². The first-order chi connectivity index (χ1) is 6.45. The fourth-order valence-corrected chi connectivity index (χ4v) is 2.27. The van der Waals surface area contributed by atoms with Crippen molar-refractivity contribution in [1.29, 1.82) is 0 Å². The molecule has 0 amide bonds. The first-order valence-corrected chi connectivity index (χ1v) is 4.88. The molecule has 2 aliphatic rings. The average Bonchev–Trinajstić information content (AvgIpc) is 2.56. The molecule has 1 aromatic rings. The Morgan fingerprint density at radius 2 is 2.23 bits per heavy atom. The molecule has 1 fully saturated rings. The SMILES string of the molecule is c1ccc2c(c1)CN1CCCOC21. The van der Waals surface area contributed by atoms with Gasteiger partial charge in [0.15, 0.2) is 0 Å². The Morgan fingerprint density at radius 1 is 1.31 bits per heavy atom. The number of hydrogen-bond donors (Lipinski definition) is 0. The van der Waals surface area contributed by atoms with Gasteiger partial charge in [0, 0.05) is 18.7 Å². The number of fused-ring (bicyclic) bond motifs is 3. The van der Waals surface area contributed by atoms with Gasteiger partial charge in [-0.25, -0.2) is 0 Å². The van der Waals surface area contributed by atoms with Crippen molar-refractivity contribution in [1.82, 2.24) is 4.90 Å². The van der Waals surface area contributed by atoms with Gasteiger partial charge in [-0.3, -0.25) is 4.90 Å². The van der Waals surface area contributed by atoms with Gasteiger partial charge in [-0.05, 0) is 12.0 Å². The van der Waals surface area contributed by atoms with Crippen LogP contribution in [0.2, 0.25) is 0 Å². The molecule has 1 aromatic carbocycles. The van der Waals surface area contributed by atoms with E-state index in [0.717, 1.165) is 13.2 Å². The van der Waals surface area contributed by atoms with Crippen molar-refractivity contribution in [3.8, 4) is 0 Å². The summed E-state index contributed by atoms with van der Waals surface area (Å²) in [6.07, 6.45) is 1.43. The van der Waals surface area contributed by atoms with E-state index in [9.17, 15) is 0 Å². The van der Waals surface area contributed by atoms with Crippen LogP contribution < -0.4 is 0 Å². The molecule has 1 atom stereocenters. The number of rotatable bonds is 0. The van der Waals surface area contributed by atoms with E-state index in [1.165, 1.54) is 24.1 Å². The molecule has 2 nitrogen and oxygen atoms in total. The highest BCUT2D eigenvalue weighted by molar-refractivity contribution is 5.32. The van der Waals surface area contributed by atoms with Gasteiger partial charge in [-0.1, -0.05) is 24.3 Å². The van der Waals surface area contributed by atoms with Crippen molar-refractivity contribution in [3.05, 3.63) is 35.4 Å². The number of hydrogen-bond acceptors (Lipinski definition) is 2. The van der Waals surface area contributed by atoms with Gasteiger partial charge in [0.25, 0.3) is 0 Å². The molecule has 0 aliphatic carbocycles. The highest BCUT2D eigenvalue weighted by atomic mass is 16.5. The maximum Gasteiger partial charge on any atom is 0.137 e.